The fraction of sp³-hybridized carbons (Fsp3) is 0.294. The van der Waals surface area contributed by atoms with E-state index in [-0.39, 0.29) is 17.8 Å². The van der Waals surface area contributed by atoms with Crippen molar-refractivity contribution < 1.29 is 13.2 Å². The summed E-state index contributed by atoms with van der Waals surface area (Å²) < 4.78 is 41.8. The lowest BCUT2D eigenvalue weighted by Crippen LogP contribution is -2.25. The van der Waals surface area contributed by atoms with Gasteiger partial charge in [-0.1, -0.05) is 31.2 Å². The minimum Gasteiger partial charge on any atom is -0.310 e. The first-order chi connectivity index (χ1) is 10.0. The second-order valence-corrected chi connectivity index (χ2v) is 4.99. The minimum absolute atomic E-state index is 0.0237. The third-order valence-electron chi connectivity index (χ3n) is 3.52. The zero-order valence-corrected chi connectivity index (χ0v) is 12.1. The molecule has 1 N–H and O–H groups in total. The van der Waals surface area contributed by atoms with E-state index < -0.39 is 17.7 Å². The van der Waals surface area contributed by atoms with Gasteiger partial charge in [-0.2, -0.15) is 0 Å². The molecule has 4 heteroatoms. The van der Waals surface area contributed by atoms with Crippen LogP contribution in [0.3, 0.4) is 0 Å². The topological polar surface area (TPSA) is 12.0 Å². The zero-order valence-electron chi connectivity index (χ0n) is 12.1. The summed E-state index contributed by atoms with van der Waals surface area (Å²) in [6.45, 7) is 4.12. The van der Waals surface area contributed by atoms with Gasteiger partial charge in [-0.15, -0.1) is 0 Å². The van der Waals surface area contributed by atoms with Crippen LogP contribution in [0.4, 0.5) is 13.2 Å². The number of aryl methyl sites for hydroxylation is 1. The largest absolute Gasteiger partial charge is 0.310 e. The van der Waals surface area contributed by atoms with Gasteiger partial charge in [0.1, 0.15) is 17.5 Å². The molecule has 0 aliphatic rings. The lowest BCUT2D eigenvalue weighted by Gasteiger charge is -2.20. The van der Waals surface area contributed by atoms with Gasteiger partial charge in [0.25, 0.3) is 0 Å². The molecule has 1 nitrogen and oxygen atoms in total. The van der Waals surface area contributed by atoms with E-state index in [1.165, 1.54) is 18.2 Å². The van der Waals surface area contributed by atoms with Gasteiger partial charge in [0.2, 0.25) is 0 Å². The van der Waals surface area contributed by atoms with Crippen LogP contribution in [0.2, 0.25) is 0 Å². The Morgan fingerprint density at radius 2 is 1.62 bits per heavy atom. The van der Waals surface area contributed by atoms with Crippen LogP contribution < -0.4 is 5.32 Å². The lowest BCUT2D eigenvalue weighted by molar-refractivity contribution is 0.479. The van der Waals surface area contributed by atoms with Crippen LogP contribution >= 0.6 is 0 Å². The van der Waals surface area contributed by atoms with Crippen LogP contribution in [0, 0.1) is 24.4 Å². The van der Waals surface area contributed by atoms with E-state index in [1.807, 2.05) is 6.92 Å². The average molecular weight is 293 g/mol. The van der Waals surface area contributed by atoms with Gasteiger partial charge in [-0.05, 0) is 37.6 Å². The van der Waals surface area contributed by atoms with Crippen LogP contribution in [0.15, 0.2) is 36.4 Å². The molecule has 0 fully saturated rings. The molecule has 0 aliphatic carbocycles. The summed E-state index contributed by atoms with van der Waals surface area (Å²) in [5.74, 6) is -1.54. The van der Waals surface area contributed by atoms with Crippen molar-refractivity contribution in [3.8, 4) is 0 Å². The quantitative estimate of drug-likeness (QED) is 0.866. The van der Waals surface area contributed by atoms with Gasteiger partial charge in [0.05, 0.1) is 0 Å². The van der Waals surface area contributed by atoms with Gasteiger partial charge < -0.3 is 5.32 Å². The number of likely N-dealkylation sites (N-methyl/N-ethyl adjacent to an activating group) is 1. The Hall–Kier alpha value is -1.81. The van der Waals surface area contributed by atoms with E-state index in [4.69, 9.17) is 0 Å². The highest BCUT2D eigenvalue weighted by atomic mass is 19.1. The van der Waals surface area contributed by atoms with Gasteiger partial charge in [0.15, 0.2) is 0 Å². The molecule has 21 heavy (non-hydrogen) atoms. The van der Waals surface area contributed by atoms with Crippen molar-refractivity contribution in [2.75, 3.05) is 6.54 Å². The van der Waals surface area contributed by atoms with Gasteiger partial charge in [0, 0.05) is 17.2 Å². The SMILES string of the molecule is CCNC(Cc1c(F)cccc1F)c1cccc(C)c1F. The van der Waals surface area contributed by atoms with E-state index in [0.29, 0.717) is 17.7 Å². The Balaban J connectivity index is 2.38. The summed E-state index contributed by atoms with van der Waals surface area (Å²) in [6, 6.07) is 8.35. The second-order valence-electron chi connectivity index (χ2n) is 4.99. The Morgan fingerprint density at radius 1 is 1.00 bits per heavy atom. The third-order valence-corrected chi connectivity index (χ3v) is 3.52. The van der Waals surface area contributed by atoms with Gasteiger partial charge >= 0.3 is 0 Å². The first-order valence-corrected chi connectivity index (χ1v) is 6.95. The summed E-state index contributed by atoms with van der Waals surface area (Å²) in [7, 11) is 0. The lowest BCUT2D eigenvalue weighted by atomic mass is 9.96. The maximum Gasteiger partial charge on any atom is 0.130 e. The summed E-state index contributed by atoms with van der Waals surface area (Å²) >= 11 is 0. The molecule has 112 valence electrons. The predicted molar refractivity (Wildman–Crippen MR) is 77.6 cm³/mol. The van der Waals surface area contributed by atoms with Gasteiger partial charge in [-0.3, -0.25) is 0 Å². The maximum absolute atomic E-state index is 14.3. The van der Waals surface area contributed by atoms with E-state index in [2.05, 4.69) is 5.32 Å². The number of hydrogen-bond donors (Lipinski definition) is 1. The molecule has 2 rings (SSSR count). The average Bonchev–Trinajstić information content (AvgIpc) is 2.45. The van der Waals surface area contributed by atoms with E-state index in [0.717, 1.165) is 0 Å². The molecular weight excluding hydrogens is 275 g/mol. The fourth-order valence-corrected chi connectivity index (χ4v) is 2.41. The molecule has 0 saturated carbocycles. The van der Waals surface area contributed by atoms with Crippen LogP contribution in [0.1, 0.15) is 29.7 Å². The highest BCUT2D eigenvalue weighted by molar-refractivity contribution is 5.30. The highest BCUT2D eigenvalue weighted by Crippen LogP contribution is 2.25. The smallest absolute Gasteiger partial charge is 0.130 e. The van der Waals surface area contributed by atoms with E-state index in [1.54, 1.807) is 25.1 Å². The Morgan fingerprint density at radius 3 is 2.24 bits per heavy atom. The number of nitrogens with one attached hydrogen (secondary N) is 1. The molecule has 0 saturated heterocycles. The van der Waals surface area contributed by atoms with Gasteiger partial charge in [-0.25, -0.2) is 13.2 Å². The predicted octanol–water partition coefficient (Wildman–Crippen LogP) is 4.31. The molecule has 2 aromatic rings. The highest BCUT2D eigenvalue weighted by Gasteiger charge is 2.20. The van der Waals surface area contributed by atoms with Crippen molar-refractivity contribution in [1.29, 1.82) is 0 Å². The molecular formula is C17H18F3N. The number of benzene rings is 2. The molecule has 0 amide bonds. The minimum atomic E-state index is -0.606. The fourth-order valence-electron chi connectivity index (χ4n) is 2.41. The zero-order chi connectivity index (χ0) is 15.4. The summed E-state index contributed by atoms with van der Waals surface area (Å²) in [5, 5.41) is 3.10. The molecule has 0 spiro atoms. The number of rotatable bonds is 5. The second kappa shape index (κ2) is 6.76. The number of hydrogen-bond acceptors (Lipinski definition) is 1. The Bertz CT molecular complexity index is 605. The van der Waals surface area contributed by atoms with Crippen LogP contribution in [0.5, 0.6) is 0 Å². The monoisotopic (exact) mass is 293 g/mol. The van der Waals surface area contributed by atoms with E-state index in [9.17, 15) is 13.2 Å². The number of halogens is 3. The summed E-state index contributed by atoms with van der Waals surface area (Å²) in [5.41, 5.74) is 0.924. The summed E-state index contributed by atoms with van der Waals surface area (Å²) in [6.07, 6.45) is 0.0622. The molecule has 0 heterocycles. The first-order valence-electron chi connectivity index (χ1n) is 6.95. The van der Waals surface area contributed by atoms with Crippen molar-refractivity contribution in [3.63, 3.8) is 0 Å². The molecule has 0 bridgehead atoms. The first kappa shape index (κ1) is 15.6. The Labute approximate surface area is 122 Å². The normalized spacial score (nSPS) is 12.4. The molecule has 0 aromatic heterocycles. The summed E-state index contributed by atoms with van der Waals surface area (Å²) in [4.78, 5) is 0. The molecule has 2 aromatic carbocycles. The van der Waals surface area contributed by atoms with Crippen LogP contribution in [-0.2, 0) is 6.42 Å². The third kappa shape index (κ3) is 3.45. The standard InChI is InChI=1S/C17H18F3N/c1-3-21-16(12-7-4-6-11(2)17(12)20)10-13-14(18)8-5-9-15(13)19/h4-9,16,21H,3,10H2,1-2H3. The van der Waals surface area contributed by atoms with Crippen molar-refractivity contribution >= 4 is 0 Å². The molecule has 1 unspecified atom stereocenters. The van der Waals surface area contributed by atoms with Crippen molar-refractivity contribution in [2.45, 2.75) is 26.3 Å². The molecule has 1 atom stereocenters. The van der Waals surface area contributed by atoms with Crippen LogP contribution in [-0.4, -0.2) is 6.54 Å². The van der Waals surface area contributed by atoms with Crippen molar-refractivity contribution in [3.05, 3.63) is 70.5 Å². The Kier molecular flexibility index (Phi) is 5.02. The van der Waals surface area contributed by atoms with Crippen molar-refractivity contribution in [1.82, 2.24) is 5.32 Å². The molecule has 0 aliphatic heterocycles. The van der Waals surface area contributed by atoms with Crippen molar-refractivity contribution in [2.24, 2.45) is 0 Å². The van der Waals surface area contributed by atoms with Crippen LogP contribution in [0.25, 0.3) is 0 Å². The maximum atomic E-state index is 14.3. The van der Waals surface area contributed by atoms with E-state index >= 15 is 0 Å². The molecule has 0 radical (unpaired) electrons.